The zero-order valence-electron chi connectivity index (χ0n) is 16.9. The molecule has 1 saturated heterocycles. The van der Waals surface area contributed by atoms with Crippen molar-refractivity contribution in [3.8, 4) is 0 Å². The maximum absolute atomic E-state index is 12.2. The van der Waals surface area contributed by atoms with Gasteiger partial charge in [-0.3, -0.25) is 14.5 Å². The van der Waals surface area contributed by atoms with E-state index in [-0.39, 0.29) is 29.0 Å². The molecule has 10 heteroatoms. The minimum absolute atomic E-state index is 0.0212. The molecule has 30 heavy (non-hydrogen) atoms. The zero-order valence-corrected chi connectivity index (χ0v) is 19.2. The number of hydrogen-bond acceptors (Lipinski definition) is 7. The highest BCUT2D eigenvalue weighted by Crippen LogP contribution is 2.30. The first-order chi connectivity index (χ1) is 14.4. The molecule has 7 nitrogen and oxygen atoms in total. The molecule has 3 rings (SSSR count). The van der Waals surface area contributed by atoms with Crippen LogP contribution in [0.25, 0.3) is 0 Å². The van der Waals surface area contributed by atoms with Gasteiger partial charge in [0.1, 0.15) is 4.71 Å². The number of primary amides is 1. The number of nitrogens with one attached hydrogen (secondary N) is 2. The number of carbonyl (C=O) groups is 2. The summed E-state index contributed by atoms with van der Waals surface area (Å²) in [7, 11) is 0. The van der Waals surface area contributed by atoms with E-state index in [9.17, 15) is 9.59 Å². The van der Waals surface area contributed by atoms with Crippen LogP contribution in [0.2, 0.25) is 5.02 Å². The standard InChI is InChI=1S/C20H27ClN4O3S2/c1-13-2-3-14(6-17(13)21)9-25-4-5-28-16(10-25)8-23-19(27)12-30-20-24-15(11-29-20)7-18(22)26/h2-3,6,11,16,20,24H,4-5,7-10,12H2,1H3,(H2,22,26)(H,23,27)/t16-,20?/m0/s1. The van der Waals surface area contributed by atoms with E-state index in [0.717, 1.165) is 35.9 Å². The molecule has 0 aromatic heterocycles. The third-order valence-electron chi connectivity index (χ3n) is 4.76. The molecular weight excluding hydrogens is 444 g/mol. The Morgan fingerprint density at radius 1 is 1.47 bits per heavy atom. The lowest BCUT2D eigenvalue weighted by atomic mass is 10.1. The van der Waals surface area contributed by atoms with Crippen molar-refractivity contribution in [1.29, 1.82) is 0 Å². The molecular formula is C20H27ClN4O3S2. The summed E-state index contributed by atoms with van der Waals surface area (Å²) in [5.74, 6) is -0.0674. The van der Waals surface area contributed by atoms with Crippen molar-refractivity contribution in [2.24, 2.45) is 5.73 Å². The van der Waals surface area contributed by atoms with Gasteiger partial charge in [0.2, 0.25) is 11.8 Å². The first kappa shape index (κ1) is 23.3. The van der Waals surface area contributed by atoms with E-state index in [1.165, 1.54) is 17.3 Å². The number of ether oxygens (including phenoxy) is 1. The van der Waals surface area contributed by atoms with Crippen LogP contribution in [0.15, 0.2) is 29.3 Å². The van der Waals surface area contributed by atoms with Gasteiger partial charge in [-0.25, -0.2) is 0 Å². The summed E-state index contributed by atoms with van der Waals surface area (Å²) in [6.07, 6.45) is 0.164. The smallest absolute Gasteiger partial charge is 0.230 e. The van der Waals surface area contributed by atoms with E-state index in [2.05, 4.69) is 21.6 Å². The summed E-state index contributed by atoms with van der Waals surface area (Å²) in [5, 5.41) is 8.81. The van der Waals surface area contributed by atoms with Crippen LogP contribution < -0.4 is 16.4 Å². The van der Waals surface area contributed by atoms with Crippen molar-refractivity contribution in [2.45, 2.75) is 30.7 Å². The second-order valence-corrected chi connectivity index (χ2v) is 10.1. The van der Waals surface area contributed by atoms with E-state index in [0.29, 0.717) is 18.9 Å². The fourth-order valence-corrected chi connectivity index (χ4v) is 5.38. The minimum Gasteiger partial charge on any atom is -0.374 e. The number of nitrogens with two attached hydrogens (primary N) is 1. The van der Waals surface area contributed by atoms with E-state index >= 15 is 0 Å². The number of nitrogens with zero attached hydrogens (tertiary/aromatic N) is 1. The molecule has 1 aromatic carbocycles. The SMILES string of the molecule is Cc1ccc(CN2CCO[C@@H](CNC(=O)CSC3NC(CC(N)=O)=CS3)C2)cc1Cl. The quantitative estimate of drug-likeness (QED) is 0.508. The summed E-state index contributed by atoms with van der Waals surface area (Å²) in [6, 6.07) is 6.15. The first-order valence-corrected chi connectivity index (χ1v) is 12.1. The Morgan fingerprint density at radius 2 is 2.30 bits per heavy atom. The number of carbonyl (C=O) groups excluding carboxylic acids is 2. The molecule has 2 atom stereocenters. The molecule has 2 heterocycles. The second kappa shape index (κ2) is 11.3. The van der Waals surface area contributed by atoms with Crippen molar-refractivity contribution < 1.29 is 14.3 Å². The van der Waals surface area contributed by atoms with Gasteiger partial charge in [-0.05, 0) is 29.5 Å². The molecule has 0 bridgehead atoms. The van der Waals surface area contributed by atoms with Gasteiger partial charge in [0.15, 0.2) is 0 Å². The van der Waals surface area contributed by atoms with Crippen LogP contribution in [0, 0.1) is 6.92 Å². The lowest BCUT2D eigenvalue weighted by molar-refractivity contribution is -0.120. The lowest BCUT2D eigenvalue weighted by Crippen LogP contribution is -2.47. The Labute approximate surface area is 190 Å². The van der Waals surface area contributed by atoms with E-state index < -0.39 is 0 Å². The molecule has 2 aliphatic rings. The van der Waals surface area contributed by atoms with Crippen LogP contribution in [-0.2, 0) is 20.9 Å². The maximum Gasteiger partial charge on any atom is 0.230 e. The second-order valence-electron chi connectivity index (χ2n) is 7.33. The number of hydrogen-bond donors (Lipinski definition) is 3. The number of aryl methyl sites for hydroxylation is 1. The third kappa shape index (κ3) is 7.39. The Bertz CT molecular complexity index is 808. The van der Waals surface area contributed by atoms with E-state index in [4.69, 9.17) is 22.1 Å². The van der Waals surface area contributed by atoms with Gasteiger partial charge in [-0.1, -0.05) is 35.5 Å². The monoisotopic (exact) mass is 470 g/mol. The van der Waals surface area contributed by atoms with Crippen LogP contribution >= 0.6 is 35.1 Å². The van der Waals surface area contributed by atoms with E-state index in [1.807, 2.05) is 24.5 Å². The van der Waals surface area contributed by atoms with Crippen molar-refractivity contribution in [3.05, 3.63) is 45.5 Å². The number of benzene rings is 1. The number of halogens is 1. The average Bonchev–Trinajstić information content (AvgIpc) is 3.14. The largest absolute Gasteiger partial charge is 0.374 e. The highest BCUT2D eigenvalue weighted by Gasteiger charge is 2.22. The molecule has 0 aliphatic carbocycles. The number of morpholine rings is 1. The molecule has 0 radical (unpaired) electrons. The van der Waals surface area contributed by atoms with Crippen LogP contribution in [0.4, 0.5) is 0 Å². The predicted molar refractivity (Wildman–Crippen MR) is 123 cm³/mol. The molecule has 1 aromatic rings. The Hall–Kier alpha value is -1.39. The number of thioether (sulfide) groups is 2. The molecule has 0 saturated carbocycles. The number of rotatable bonds is 9. The fraction of sp³-hybridized carbons (Fsp3) is 0.500. The molecule has 4 N–H and O–H groups in total. The predicted octanol–water partition coefficient (Wildman–Crippen LogP) is 2.04. The summed E-state index contributed by atoms with van der Waals surface area (Å²) in [4.78, 5) is 25.5. The first-order valence-electron chi connectivity index (χ1n) is 9.75. The normalized spacial score (nSPS) is 21.7. The topological polar surface area (TPSA) is 96.7 Å². The highest BCUT2D eigenvalue weighted by atomic mass is 35.5. The Morgan fingerprint density at radius 3 is 3.07 bits per heavy atom. The molecule has 2 amide bonds. The van der Waals surface area contributed by atoms with Gasteiger partial charge in [-0.15, -0.1) is 11.8 Å². The molecule has 0 spiro atoms. The van der Waals surface area contributed by atoms with Gasteiger partial charge < -0.3 is 21.1 Å². The van der Waals surface area contributed by atoms with Crippen LogP contribution in [-0.4, -0.2) is 59.5 Å². The van der Waals surface area contributed by atoms with Crippen molar-refractivity contribution >= 4 is 46.9 Å². The van der Waals surface area contributed by atoms with Gasteiger partial charge in [0.05, 0.1) is 24.9 Å². The van der Waals surface area contributed by atoms with Crippen LogP contribution in [0.5, 0.6) is 0 Å². The van der Waals surface area contributed by atoms with Gasteiger partial charge in [-0.2, -0.15) is 0 Å². The Kier molecular flexibility index (Phi) is 8.76. The van der Waals surface area contributed by atoms with Crippen LogP contribution in [0.3, 0.4) is 0 Å². The summed E-state index contributed by atoms with van der Waals surface area (Å²) >= 11 is 9.26. The van der Waals surface area contributed by atoms with Gasteiger partial charge in [0.25, 0.3) is 0 Å². The summed E-state index contributed by atoms with van der Waals surface area (Å²) < 4.78 is 5.83. The van der Waals surface area contributed by atoms with Gasteiger partial charge in [0, 0.05) is 36.9 Å². The fourth-order valence-electron chi connectivity index (χ4n) is 3.20. The highest BCUT2D eigenvalue weighted by molar-refractivity contribution is 8.18. The third-order valence-corrected chi connectivity index (χ3v) is 7.54. The van der Waals surface area contributed by atoms with Gasteiger partial charge >= 0.3 is 0 Å². The van der Waals surface area contributed by atoms with Crippen molar-refractivity contribution in [1.82, 2.24) is 15.5 Å². The lowest BCUT2D eigenvalue weighted by Gasteiger charge is -2.33. The number of amides is 2. The molecule has 2 aliphatic heterocycles. The van der Waals surface area contributed by atoms with Crippen molar-refractivity contribution in [3.63, 3.8) is 0 Å². The average molecular weight is 471 g/mol. The minimum atomic E-state index is -0.371. The van der Waals surface area contributed by atoms with Crippen LogP contribution in [0.1, 0.15) is 17.5 Å². The summed E-state index contributed by atoms with van der Waals surface area (Å²) in [6.45, 7) is 5.56. The van der Waals surface area contributed by atoms with E-state index in [1.54, 1.807) is 11.8 Å². The molecule has 1 fully saturated rings. The maximum atomic E-state index is 12.2. The summed E-state index contributed by atoms with van der Waals surface area (Å²) in [5.41, 5.74) is 8.25. The Balaban J connectivity index is 1.34. The molecule has 164 valence electrons. The van der Waals surface area contributed by atoms with Crippen molar-refractivity contribution in [2.75, 3.05) is 32.0 Å². The molecule has 1 unspecified atom stereocenters. The zero-order chi connectivity index (χ0) is 21.5.